The summed E-state index contributed by atoms with van der Waals surface area (Å²) in [5.74, 6) is -0.634. The average molecular weight is 731 g/mol. The second-order valence-electron chi connectivity index (χ2n) is 13.2. The van der Waals surface area contributed by atoms with Gasteiger partial charge in [-0.1, -0.05) is 23.4 Å². The number of thiazole rings is 1. The highest BCUT2D eigenvalue weighted by Gasteiger charge is 2.33. The van der Waals surface area contributed by atoms with E-state index in [1.807, 2.05) is 25.1 Å². The standard InChI is InChI=1S/C37H43FN8O5S/c1-24-31-21-34(48)40-27(7-5-6-16-39-35(49)23-51-30-8-3-2-4-9-30)20-33(47)41-32(37(50)45-17-14-25(15-18-45)36(42-31)52-24)19-28-22-46(44-43-28)29-12-10-26(38)11-13-29/h2-4,8-13,22,25,27,32H,5-7,14-21,23H2,1H3,(H,39,49)(H,40,48)(H,41,47)/t27-,32+/m0/s1. The molecule has 13 nitrogen and oxygen atoms in total. The summed E-state index contributed by atoms with van der Waals surface area (Å²) in [5, 5.41) is 18.2. The Balaban J connectivity index is 1.12. The van der Waals surface area contributed by atoms with Crippen LogP contribution in [0.3, 0.4) is 0 Å². The number of hydrogen-bond donors (Lipinski definition) is 3. The van der Waals surface area contributed by atoms with Crippen LogP contribution in [-0.2, 0) is 32.0 Å². The van der Waals surface area contributed by atoms with Gasteiger partial charge in [-0.05, 0) is 75.4 Å². The Morgan fingerprint density at radius 1 is 1.02 bits per heavy atom. The minimum Gasteiger partial charge on any atom is -0.484 e. The third-order valence-corrected chi connectivity index (χ3v) is 10.5. The molecular formula is C37H43FN8O5S. The van der Waals surface area contributed by atoms with Crippen molar-refractivity contribution < 1.29 is 28.3 Å². The Hall–Kier alpha value is -5.18. The lowest BCUT2D eigenvalue weighted by atomic mass is 9.96. The largest absolute Gasteiger partial charge is 0.484 e. The number of piperidine rings is 1. The minimum atomic E-state index is -0.909. The number of carbonyl (C=O) groups excluding carboxylic acids is 4. The third kappa shape index (κ3) is 9.99. The number of hydrogen-bond acceptors (Lipinski definition) is 9. The molecule has 3 N–H and O–H groups in total. The Kier molecular flexibility index (Phi) is 12.2. The van der Waals surface area contributed by atoms with E-state index in [4.69, 9.17) is 9.72 Å². The van der Waals surface area contributed by atoms with Crippen molar-refractivity contribution in [1.82, 2.24) is 40.8 Å². The predicted octanol–water partition coefficient (Wildman–Crippen LogP) is 3.40. The van der Waals surface area contributed by atoms with Gasteiger partial charge >= 0.3 is 0 Å². The number of unbranched alkanes of at least 4 members (excludes halogenated alkanes) is 1. The highest BCUT2D eigenvalue weighted by Crippen LogP contribution is 2.33. The molecule has 4 amide bonds. The van der Waals surface area contributed by atoms with Crippen LogP contribution in [0, 0.1) is 12.7 Å². The van der Waals surface area contributed by atoms with E-state index in [1.165, 1.54) is 16.8 Å². The molecule has 2 atom stereocenters. The molecule has 4 aromatic rings. The minimum absolute atomic E-state index is 0.0432. The van der Waals surface area contributed by atoms with E-state index in [0.717, 1.165) is 28.4 Å². The van der Waals surface area contributed by atoms with Gasteiger partial charge in [0.05, 0.1) is 34.7 Å². The van der Waals surface area contributed by atoms with Crippen LogP contribution in [0.25, 0.3) is 5.69 Å². The van der Waals surface area contributed by atoms with E-state index >= 15 is 0 Å². The van der Waals surface area contributed by atoms with E-state index in [1.54, 1.807) is 46.7 Å². The van der Waals surface area contributed by atoms with Gasteiger partial charge in [0.15, 0.2) is 6.61 Å². The summed E-state index contributed by atoms with van der Waals surface area (Å²) in [6.45, 7) is 3.32. The fourth-order valence-electron chi connectivity index (χ4n) is 6.47. The summed E-state index contributed by atoms with van der Waals surface area (Å²) in [6.07, 6.45) is 5.03. The number of benzene rings is 2. The zero-order valence-electron chi connectivity index (χ0n) is 29.1. The summed E-state index contributed by atoms with van der Waals surface area (Å²) in [5.41, 5.74) is 1.83. The number of ether oxygens (including phenoxy) is 1. The fraction of sp³-hybridized carbons (Fsp3) is 0.432. The fourth-order valence-corrected chi connectivity index (χ4v) is 7.58. The molecule has 0 saturated carbocycles. The molecule has 1 saturated heterocycles. The van der Waals surface area contributed by atoms with Gasteiger partial charge in [0.25, 0.3) is 5.91 Å². The van der Waals surface area contributed by atoms with Gasteiger partial charge < -0.3 is 25.6 Å². The molecule has 274 valence electrons. The van der Waals surface area contributed by atoms with E-state index in [0.29, 0.717) is 56.0 Å². The van der Waals surface area contributed by atoms with Crippen LogP contribution >= 0.6 is 11.3 Å². The first-order chi connectivity index (χ1) is 25.2. The van der Waals surface area contributed by atoms with Crippen molar-refractivity contribution >= 4 is 35.0 Å². The number of fused-ring (bicyclic) bond motifs is 10. The monoisotopic (exact) mass is 730 g/mol. The molecular weight excluding hydrogens is 688 g/mol. The van der Waals surface area contributed by atoms with Crippen LogP contribution in [0.15, 0.2) is 60.8 Å². The van der Waals surface area contributed by atoms with Gasteiger partial charge in [0.1, 0.15) is 17.6 Å². The highest BCUT2D eigenvalue weighted by atomic mass is 32.1. The maximum atomic E-state index is 14.0. The molecule has 2 aromatic heterocycles. The van der Waals surface area contributed by atoms with Crippen molar-refractivity contribution in [2.45, 2.75) is 76.3 Å². The number of para-hydroxylation sites is 1. The van der Waals surface area contributed by atoms with Gasteiger partial charge in [-0.25, -0.2) is 14.1 Å². The van der Waals surface area contributed by atoms with Crippen LogP contribution in [0.5, 0.6) is 5.75 Å². The number of aromatic nitrogens is 4. The van der Waals surface area contributed by atoms with Crippen LogP contribution in [0.1, 0.15) is 65.7 Å². The molecule has 0 radical (unpaired) electrons. The van der Waals surface area contributed by atoms with Crippen LogP contribution < -0.4 is 20.7 Å². The maximum Gasteiger partial charge on any atom is 0.257 e. The van der Waals surface area contributed by atoms with Crippen molar-refractivity contribution in [1.29, 1.82) is 0 Å². The van der Waals surface area contributed by atoms with E-state index < -0.39 is 12.1 Å². The van der Waals surface area contributed by atoms with E-state index in [2.05, 4.69) is 26.3 Å². The molecule has 2 aromatic carbocycles. The second-order valence-corrected chi connectivity index (χ2v) is 14.4. The molecule has 4 bridgehead atoms. The molecule has 7 rings (SSSR count). The second kappa shape index (κ2) is 17.4. The number of carbonyl (C=O) groups is 4. The van der Waals surface area contributed by atoms with Crippen molar-refractivity contribution in [2.24, 2.45) is 0 Å². The number of rotatable bonds is 11. The summed E-state index contributed by atoms with van der Waals surface area (Å²) < 4.78 is 20.5. The molecule has 0 spiro atoms. The van der Waals surface area contributed by atoms with Crippen molar-refractivity contribution in [3.8, 4) is 11.4 Å². The first-order valence-corrected chi connectivity index (χ1v) is 18.5. The van der Waals surface area contributed by atoms with Crippen LogP contribution in [-0.4, -0.2) is 86.8 Å². The lowest BCUT2D eigenvalue weighted by Crippen LogP contribution is -2.52. The molecule has 0 unspecified atom stereocenters. The summed E-state index contributed by atoms with van der Waals surface area (Å²) in [4.78, 5) is 60.8. The molecule has 1 fully saturated rings. The van der Waals surface area contributed by atoms with Gasteiger partial charge in [0.2, 0.25) is 17.7 Å². The topological polar surface area (TPSA) is 160 Å². The van der Waals surface area contributed by atoms with Crippen LogP contribution in [0.4, 0.5) is 4.39 Å². The quantitative estimate of drug-likeness (QED) is 0.198. The smallest absolute Gasteiger partial charge is 0.257 e. The van der Waals surface area contributed by atoms with Gasteiger partial charge in [-0.2, -0.15) is 0 Å². The van der Waals surface area contributed by atoms with E-state index in [-0.39, 0.29) is 61.2 Å². The maximum absolute atomic E-state index is 14.0. The Labute approximate surface area is 305 Å². The SMILES string of the molecule is Cc1sc2nc1CC(=O)N[C@@H](CCCCNC(=O)COc1ccccc1)CC(=O)N[C@H](Cc1cn(-c3ccc(F)cc3)nn1)C(=O)N1CCC2CC1. The van der Waals surface area contributed by atoms with E-state index in [9.17, 15) is 23.6 Å². The van der Waals surface area contributed by atoms with Gasteiger partial charge in [-0.3, -0.25) is 19.2 Å². The van der Waals surface area contributed by atoms with Crippen molar-refractivity contribution in [3.05, 3.63) is 87.9 Å². The Morgan fingerprint density at radius 2 is 1.79 bits per heavy atom. The Morgan fingerprint density at radius 3 is 2.56 bits per heavy atom. The molecule has 15 heteroatoms. The summed E-state index contributed by atoms with van der Waals surface area (Å²) >= 11 is 1.60. The molecule has 3 aliphatic heterocycles. The first kappa shape index (κ1) is 36.6. The van der Waals surface area contributed by atoms with Gasteiger partial charge in [-0.15, -0.1) is 16.4 Å². The molecule has 5 heterocycles. The number of amides is 4. The molecule has 3 aliphatic rings. The zero-order valence-corrected chi connectivity index (χ0v) is 29.9. The molecule has 52 heavy (non-hydrogen) atoms. The number of nitrogens with one attached hydrogen (secondary N) is 3. The first-order valence-electron chi connectivity index (χ1n) is 17.7. The Bertz CT molecular complexity index is 1840. The third-order valence-electron chi connectivity index (χ3n) is 9.28. The van der Waals surface area contributed by atoms with Gasteiger partial charge in [0, 0.05) is 49.3 Å². The zero-order chi connectivity index (χ0) is 36.5. The normalized spacial score (nSPS) is 19.6. The van der Waals surface area contributed by atoms with Crippen molar-refractivity contribution in [3.63, 3.8) is 0 Å². The number of aryl methyl sites for hydroxylation is 1. The van der Waals surface area contributed by atoms with Crippen LogP contribution in [0.2, 0.25) is 0 Å². The number of nitrogens with zero attached hydrogens (tertiary/aromatic N) is 5. The van der Waals surface area contributed by atoms with Crippen molar-refractivity contribution in [2.75, 3.05) is 26.2 Å². The lowest BCUT2D eigenvalue weighted by molar-refractivity contribution is -0.137. The highest BCUT2D eigenvalue weighted by molar-refractivity contribution is 7.11. The molecule has 0 aliphatic carbocycles. The predicted molar refractivity (Wildman–Crippen MR) is 191 cm³/mol. The lowest BCUT2D eigenvalue weighted by Gasteiger charge is -2.34. The average Bonchev–Trinajstić information content (AvgIpc) is 3.76. The summed E-state index contributed by atoms with van der Waals surface area (Å²) in [6, 6.07) is 13.5. The number of halogens is 1. The summed E-state index contributed by atoms with van der Waals surface area (Å²) in [7, 11) is 0.